The van der Waals surface area contributed by atoms with Gasteiger partial charge < -0.3 is 10.6 Å². The monoisotopic (exact) mass is 352 g/mol. The molecule has 2 N–H and O–H groups in total. The van der Waals surface area contributed by atoms with E-state index in [0.29, 0.717) is 28.8 Å². The Morgan fingerprint density at radius 3 is 2.52 bits per heavy atom. The van der Waals surface area contributed by atoms with Crippen LogP contribution in [0.5, 0.6) is 0 Å². The third kappa shape index (κ3) is 4.55. The summed E-state index contributed by atoms with van der Waals surface area (Å²) in [6.07, 6.45) is 2.99. The molecular formula is C19H17ClN4O. The van der Waals surface area contributed by atoms with Crippen molar-refractivity contribution in [3.63, 3.8) is 0 Å². The van der Waals surface area contributed by atoms with Crippen molar-refractivity contribution in [3.05, 3.63) is 82.6 Å². The van der Waals surface area contributed by atoms with Gasteiger partial charge in [0, 0.05) is 29.6 Å². The van der Waals surface area contributed by atoms with E-state index < -0.39 is 0 Å². The van der Waals surface area contributed by atoms with E-state index in [1.807, 2.05) is 43.3 Å². The number of halogens is 1. The molecule has 25 heavy (non-hydrogen) atoms. The molecule has 2 aromatic carbocycles. The van der Waals surface area contributed by atoms with Crippen molar-refractivity contribution in [2.75, 3.05) is 10.6 Å². The quantitative estimate of drug-likeness (QED) is 0.718. The summed E-state index contributed by atoms with van der Waals surface area (Å²) >= 11 is 5.97. The van der Waals surface area contributed by atoms with Crippen LogP contribution in [0.25, 0.3) is 0 Å². The van der Waals surface area contributed by atoms with E-state index in [9.17, 15) is 4.79 Å². The number of anilines is 2. The topological polar surface area (TPSA) is 66.9 Å². The molecule has 3 aromatic rings. The first-order valence-corrected chi connectivity index (χ1v) is 8.17. The van der Waals surface area contributed by atoms with Crippen LogP contribution in [0.15, 0.2) is 60.9 Å². The summed E-state index contributed by atoms with van der Waals surface area (Å²) in [5.74, 6) is 0.194. The van der Waals surface area contributed by atoms with Crippen molar-refractivity contribution in [2.45, 2.75) is 13.5 Å². The Morgan fingerprint density at radius 1 is 1.08 bits per heavy atom. The molecule has 0 radical (unpaired) electrons. The minimum Gasteiger partial charge on any atom is -0.350 e. The van der Waals surface area contributed by atoms with E-state index in [2.05, 4.69) is 20.6 Å². The fourth-order valence-corrected chi connectivity index (χ4v) is 2.41. The van der Waals surface area contributed by atoms with Crippen LogP contribution in [0.2, 0.25) is 5.02 Å². The van der Waals surface area contributed by atoms with Gasteiger partial charge in [-0.25, -0.2) is 9.97 Å². The number of nitrogens with zero attached hydrogens (tertiary/aromatic N) is 2. The van der Waals surface area contributed by atoms with Gasteiger partial charge in [0.2, 0.25) is 5.95 Å². The fraction of sp³-hybridized carbons (Fsp3) is 0.105. The number of hydrogen-bond acceptors (Lipinski definition) is 4. The molecule has 1 aromatic heterocycles. The van der Waals surface area contributed by atoms with E-state index in [-0.39, 0.29) is 5.91 Å². The Bertz CT molecular complexity index is 866. The Labute approximate surface area is 151 Å². The van der Waals surface area contributed by atoms with Gasteiger partial charge in [-0.2, -0.15) is 0 Å². The van der Waals surface area contributed by atoms with E-state index in [1.54, 1.807) is 12.1 Å². The first-order valence-electron chi connectivity index (χ1n) is 7.79. The molecule has 0 aliphatic carbocycles. The highest BCUT2D eigenvalue weighted by molar-refractivity contribution is 6.31. The van der Waals surface area contributed by atoms with Gasteiger partial charge >= 0.3 is 0 Å². The highest BCUT2D eigenvalue weighted by Gasteiger charge is 2.09. The number of carbonyl (C=O) groups is 1. The van der Waals surface area contributed by atoms with Gasteiger partial charge in [-0.05, 0) is 30.2 Å². The van der Waals surface area contributed by atoms with E-state index >= 15 is 0 Å². The van der Waals surface area contributed by atoms with Gasteiger partial charge in [-0.15, -0.1) is 0 Å². The standard InChI is InChI=1S/C19H17ClN4O/c1-13-7-8-16(20)9-17(13)24-18(25)15-11-22-19(23-12-15)21-10-14-5-3-2-4-6-14/h2-9,11-12H,10H2,1H3,(H,24,25)(H,21,22,23). The summed E-state index contributed by atoms with van der Waals surface area (Å²) in [7, 11) is 0. The fourth-order valence-electron chi connectivity index (χ4n) is 2.24. The molecule has 0 saturated heterocycles. The first kappa shape index (κ1) is 16.9. The number of amides is 1. The average molecular weight is 353 g/mol. The summed E-state index contributed by atoms with van der Waals surface area (Å²) in [6, 6.07) is 15.3. The van der Waals surface area contributed by atoms with E-state index in [0.717, 1.165) is 11.1 Å². The summed E-state index contributed by atoms with van der Waals surface area (Å²) in [6.45, 7) is 2.52. The molecule has 0 fully saturated rings. The van der Waals surface area contributed by atoms with Gasteiger partial charge in [0.25, 0.3) is 5.91 Å². The predicted molar refractivity (Wildman–Crippen MR) is 99.9 cm³/mol. The average Bonchev–Trinajstić information content (AvgIpc) is 2.64. The van der Waals surface area contributed by atoms with Gasteiger partial charge in [0.05, 0.1) is 5.56 Å². The number of carbonyl (C=O) groups excluding carboxylic acids is 1. The third-order valence-electron chi connectivity index (χ3n) is 3.66. The zero-order chi connectivity index (χ0) is 17.6. The summed E-state index contributed by atoms with van der Waals surface area (Å²) < 4.78 is 0. The van der Waals surface area contributed by atoms with Gasteiger partial charge in [0.1, 0.15) is 0 Å². The van der Waals surface area contributed by atoms with Crippen molar-refractivity contribution in [2.24, 2.45) is 0 Å². The van der Waals surface area contributed by atoms with Crippen LogP contribution in [0.3, 0.4) is 0 Å². The van der Waals surface area contributed by atoms with E-state index in [4.69, 9.17) is 11.6 Å². The molecule has 1 amide bonds. The molecule has 0 aliphatic rings. The lowest BCUT2D eigenvalue weighted by Crippen LogP contribution is -2.14. The SMILES string of the molecule is Cc1ccc(Cl)cc1NC(=O)c1cnc(NCc2ccccc2)nc1. The second-order valence-corrected chi connectivity index (χ2v) is 5.98. The second kappa shape index (κ2) is 7.77. The van der Waals surface area contributed by atoms with Crippen LogP contribution in [0.4, 0.5) is 11.6 Å². The predicted octanol–water partition coefficient (Wildman–Crippen LogP) is 4.30. The normalized spacial score (nSPS) is 10.3. The lowest BCUT2D eigenvalue weighted by molar-refractivity contribution is 0.102. The number of aromatic nitrogens is 2. The highest BCUT2D eigenvalue weighted by atomic mass is 35.5. The summed E-state index contributed by atoms with van der Waals surface area (Å²) in [5.41, 5.74) is 3.11. The number of benzene rings is 2. The van der Waals surface area contributed by atoms with Gasteiger partial charge in [0.15, 0.2) is 0 Å². The number of hydrogen-bond donors (Lipinski definition) is 2. The maximum Gasteiger partial charge on any atom is 0.258 e. The van der Waals surface area contributed by atoms with Crippen LogP contribution in [-0.4, -0.2) is 15.9 Å². The number of nitrogens with one attached hydrogen (secondary N) is 2. The molecule has 0 unspecified atom stereocenters. The van der Waals surface area contributed by atoms with E-state index in [1.165, 1.54) is 12.4 Å². The van der Waals surface area contributed by atoms with Crippen LogP contribution >= 0.6 is 11.6 Å². The smallest absolute Gasteiger partial charge is 0.258 e. The highest BCUT2D eigenvalue weighted by Crippen LogP contribution is 2.20. The molecule has 6 heteroatoms. The Balaban J connectivity index is 1.63. The summed E-state index contributed by atoms with van der Waals surface area (Å²) in [5, 5.41) is 6.51. The summed E-state index contributed by atoms with van der Waals surface area (Å²) in [4.78, 5) is 20.7. The lowest BCUT2D eigenvalue weighted by atomic mass is 10.2. The number of rotatable bonds is 5. The molecule has 1 heterocycles. The minimum atomic E-state index is -0.278. The molecule has 0 atom stereocenters. The molecule has 0 bridgehead atoms. The van der Waals surface area contributed by atoms with Crippen LogP contribution < -0.4 is 10.6 Å². The number of aryl methyl sites for hydroxylation is 1. The molecule has 0 spiro atoms. The zero-order valence-corrected chi connectivity index (χ0v) is 14.4. The lowest BCUT2D eigenvalue weighted by Gasteiger charge is -2.09. The Kier molecular flexibility index (Phi) is 5.26. The molecular weight excluding hydrogens is 336 g/mol. The maximum atomic E-state index is 12.3. The van der Waals surface area contributed by atoms with Crippen molar-refractivity contribution >= 4 is 29.1 Å². The van der Waals surface area contributed by atoms with Crippen molar-refractivity contribution in [3.8, 4) is 0 Å². The van der Waals surface area contributed by atoms with Crippen LogP contribution in [0, 0.1) is 6.92 Å². The van der Waals surface area contributed by atoms with Crippen molar-refractivity contribution < 1.29 is 4.79 Å². The largest absolute Gasteiger partial charge is 0.350 e. The zero-order valence-electron chi connectivity index (χ0n) is 13.7. The van der Waals surface area contributed by atoms with Crippen LogP contribution in [0.1, 0.15) is 21.5 Å². The third-order valence-corrected chi connectivity index (χ3v) is 3.89. The van der Waals surface area contributed by atoms with Crippen molar-refractivity contribution in [1.29, 1.82) is 0 Å². The maximum absolute atomic E-state index is 12.3. The molecule has 0 saturated carbocycles. The molecule has 5 nitrogen and oxygen atoms in total. The Morgan fingerprint density at radius 2 is 1.80 bits per heavy atom. The first-order chi connectivity index (χ1) is 12.1. The molecule has 0 aliphatic heterocycles. The minimum absolute atomic E-state index is 0.278. The van der Waals surface area contributed by atoms with Crippen LogP contribution in [-0.2, 0) is 6.54 Å². The molecule has 3 rings (SSSR count). The molecule has 126 valence electrons. The van der Waals surface area contributed by atoms with Crippen molar-refractivity contribution in [1.82, 2.24) is 9.97 Å². The second-order valence-electron chi connectivity index (χ2n) is 5.55. The van der Waals surface area contributed by atoms with Gasteiger partial charge in [-0.3, -0.25) is 4.79 Å². The van der Waals surface area contributed by atoms with Gasteiger partial charge in [-0.1, -0.05) is 48.0 Å². The Hall–Kier alpha value is -2.92.